The first-order valence-electron chi connectivity index (χ1n) is 1.32. The quantitative estimate of drug-likeness (QED) is 0.541. The van der Waals surface area contributed by atoms with Gasteiger partial charge in [-0.05, 0) is 12.5 Å². The lowest BCUT2D eigenvalue weighted by Crippen LogP contribution is -1.64. The maximum absolute atomic E-state index is 10.2. The summed E-state index contributed by atoms with van der Waals surface area (Å²) in [4.78, 5) is 0. The third-order valence-electron chi connectivity index (χ3n) is 0.272. The van der Waals surface area contributed by atoms with Crippen LogP contribution in [0.5, 0.6) is 0 Å². The second-order valence-corrected chi connectivity index (χ2v) is 6.06. The summed E-state index contributed by atoms with van der Waals surface area (Å²) in [6.45, 7) is 0. The van der Waals surface area contributed by atoms with Crippen molar-refractivity contribution in [1.29, 1.82) is 0 Å². The van der Waals surface area contributed by atoms with Gasteiger partial charge in [-0.2, -0.15) is 0 Å². The van der Waals surface area contributed by atoms with E-state index in [1.54, 1.807) is 0 Å². The predicted molar refractivity (Wildman–Crippen MR) is 35.2 cm³/mol. The number of rotatable bonds is 2. The third kappa shape index (κ3) is 3.06. The van der Waals surface area contributed by atoms with Gasteiger partial charge in [0.25, 0.3) is 0 Å². The summed E-state index contributed by atoms with van der Waals surface area (Å²) in [6, 6.07) is 0. The second-order valence-electron chi connectivity index (χ2n) is 0.537. The molecule has 0 atom stereocenters. The molecule has 0 spiro atoms. The lowest BCUT2D eigenvalue weighted by atomic mass is 12.0. The van der Waals surface area contributed by atoms with E-state index in [1.807, 2.05) is 12.5 Å². The molecule has 6 heavy (non-hydrogen) atoms. The fourth-order valence-electron chi connectivity index (χ4n) is 0.0680. The van der Waals surface area contributed by atoms with Crippen LogP contribution in [0, 0.1) is 0 Å². The molecule has 0 fully saturated rings. The van der Waals surface area contributed by atoms with E-state index < -0.39 is 8.86 Å². The zero-order chi connectivity index (χ0) is 4.99. The second kappa shape index (κ2) is 4.02. The van der Waals surface area contributed by atoms with Gasteiger partial charge < -0.3 is 0 Å². The molecule has 0 aromatic heterocycles. The van der Waals surface area contributed by atoms with Gasteiger partial charge in [-0.15, -0.1) is 0 Å². The highest BCUT2D eigenvalue weighted by Gasteiger charge is 1.85. The molecule has 0 N–H and O–H groups in total. The molecule has 0 heterocycles. The zero-order valence-electron chi connectivity index (χ0n) is 3.63. The van der Waals surface area contributed by atoms with Crippen molar-refractivity contribution >= 4 is 30.5 Å². The summed E-state index contributed by atoms with van der Waals surface area (Å²) in [5.41, 5.74) is 0. The van der Waals surface area contributed by atoms with Crippen molar-refractivity contribution in [3.05, 3.63) is 0 Å². The standard InChI is InChI=1S/C2H6OS3/c1-4-6(3)5-2/h1-2H3. The Kier molecular flexibility index (Phi) is 4.59. The van der Waals surface area contributed by atoms with Crippen LogP contribution in [-0.2, 0) is 8.86 Å². The van der Waals surface area contributed by atoms with Crippen molar-refractivity contribution < 1.29 is 4.21 Å². The molecule has 0 saturated heterocycles. The summed E-state index contributed by atoms with van der Waals surface area (Å²) < 4.78 is 10.2. The Morgan fingerprint density at radius 2 is 1.67 bits per heavy atom. The van der Waals surface area contributed by atoms with Crippen LogP contribution in [0.1, 0.15) is 0 Å². The monoisotopic (exact) mass is 142 g/mol. The lowest BCUT2D eigenvalue weighted by molar-refractivity contribution is 0.699. The first-order valence-corrected chi connectivity index (χ1v) is 5.95. The van der Waals surface area contributed by atoms with Crippen molar-refractivity contribution in [3.63, 3.8) is 0 Å². The van der Waals surface area contributed by atoms with Crippen LogP contribution in [0.2, 0.25) is 0 Å². The van der Waals surface area contributed by atoms with Gasteiger partial charge in [-0.25, -0.2) is 4.21 Å². The van der Waals surface area contributed by atoms with Crippen LogP contribution < -0.4 is 0 Å². The van der Waals surface area contributed by atoms with Crippen LogP contribution in [0.25, 0.3) is 0 Å². The molecule has 38 valence electrons. The molecule has 0 rings (SSSR count). The summed E-state index contributed by atoms with van der Waals surface area (Å²) in [5.74, 6) is 0. The van der Waals surface area contributed by atoms with Crippen molar-refractivity contribution in [2.45, 2.75) is 0 Å². The minimum atomic E-state index is -0.701. The molecule has 0 radical (unpaired) electrons. The van der Waals surface area contributed by atoms with E-state index >= 15 is 0 Å². The molecule has 0 unspecified atom stereocenters. The minimum absolute atomic E-state index is 0.701. The normalized spacial score (nSPS) is 9.83. The molecule has 4 heteroatoms. The lowest BCUT2D eigenvalue weighted by Gasteiger charge is -1.82. The van der Waals surface area contributed by atoms with Crippen LogP contribution in [0.4, 0.5) is 0 Å². The maximum atomic E-state index is 10.2. The van der Waals surface area contributed by atoms with Gasteiger partial charge in [-0.3, -0.25) is 0 Å². The van der Waals surface area contributed by atoms with E-state index in [0.717, 1.165) is 0 Å². The van der Waals surface area contributed by atoms with Gasteiger partial charge in [0.1, 0.15) is 8.86 Å². The van der Waals surface area contributed by atoms with Crippen LogP contribution in [0.15, 0.2) is 0 Å². The topological polar surface area (TPSA) is 17.1 Å². The van der Waals surface area contributed by atoms with Crippen molar-refractivity contribution in [2.75, 3.05) is 12.5 Å². The molecule has 0 bridgehead atoms. The fraction of sp³-hybridized carbons (Fsp3) is 1.00. The largest absolute Gasteiger partial charge is 0.236 e. The summed E-state index contributed by atoms with van der Waals surface area (Å²) in [6.07, 6.45) is 3.65. The molecule has 0 aliphatic heterocycles. The smallest absolute Gasteiger partial charge is 0.140 e. The van der Waals surface area contributed by atoms with E-state index in [-0.39, 0.29) is 0 Å². The van der Waals surface area contributed by atoms with Crippen molar-refractivity contribution in [1.82, 2.24) is 0 Å². The van der Waals surface area contributed by atoms with Gasteiger partial charge in [0, 0.05) is 0 Å². The Labute approximate surface area is 47.5 Å². The number of hydrogen-bond donors (Lipinski definition) is 0. The molecule has 0 aliphatic rings. The third-order valence-corrected chi connectivity index (χ3v) is 4.90. The highest BCUT2D eigenvalue weighted by Crippen LogP contribution is 2.12. The maximum Gasteiger partial charge on any atom is 0.140 e. The molecular formula is C2H6OS3. The molecule has 0 amide bonds. The Balaban J connectivity index is 2.99. The van der Waals surface area contributed by atoms with E-state index in [4.69, 9.17) is 0 Å². The first kappa shape index (κ1) is 6.85. The first-order chi connectivity index (χ1) is 2.81. The van der Waals surface area contributed by atoms with Gasteiger partial charge in [0.2, 0.25) is 0 Å². The van der Waals surface area contributed by atoms with Crippen molar-refractivity contribution in [2.24, 2.45) is 0 Å². The average Bonchev–Trinajstić information content (AvgIpc) is 1.65. The Morgan fingerprint density at radius 1 is 1.33 bits per heavy atom. The summed E-state index contributed by atoms with van der Waals surface area (Å²) >= 11 is 0. The summed E-state index contributed by atoms with van der Waals surface area (Å²) in [7, 11) is 2.02. The van der Waals surface area contributed by atoms with Crippen LogP contribution >= 0.6 is 21.6 Å². The molecular weight excluding hydrogens is 136 g/mol. The Hall–Kier alpha value is 0.850. The van der Waals surface area contributed by atoms with E-state index in [0.29, 0.717) is 0 Å². The Bertz CT molecular complexity index is 46.8. The minimum Gasteiger partial charge on any atom is -0.236 e. The zero-order valence-corrected chi connectivity index (χ0v) is 6.08. The predicted octanol–water partition coefficient (Wildman–Crippen LogP) is 1.29. The van der Waals surface area contributed by atoms with E-state index in [1.165, 1.54) is 21.6 Å². The van der Waals surface area contributed by atoms with Crippen LogP contribution in [0.3, 0.4) is 0 Å². The van der Waals surface area contributed by atoms with Gasteiger partial charge >= 0.3 is 0 Å². The van der Waals surface area contributed by atoms with Gasteiger partial charge in [0.05, 0.1) is 0 Å². The molecule has 0 aliphatic carbocycles. The van der Waals surface area contributed by atoms with Crippen molar-refractivity contribution in [3.8, 4) is 0 Å². The molecule has 1 nitrogen and oxygen atoms in total. The molecule has 0 aromatic carbocycles. The summed E-state index contributed by atoms with van der Waals surface area (Å²) in [5, 5.41) is 0. The van der Waals surface area contributed by atoms with E-state index in [9.17, 15) is 4.21 Å². The SMILES string of the molecule is CSS(=O)SC. The fourth-order valence-corrected chi connectivity index (χ4v) is 1.84. The molecule has 0 saturated carbocycles. The average molecular weight is 142 g/mol. The molecule has 0 aromatic rings. The number of hydrogen-bond acceptors (Lipinski definition) is 3. The highest BCUT2D eigenvalue weighted by molar-refractivity contribution is 9.01. The highest BCUT2D eigenvalue weighted by atomic mass is 33.5. The van der Waals surface area contributed by atoms with E-state index in [2.05, 4.69) is 0 Å². The Morgan fingerprint density at radius 3 is 1.67 bits per heavy atom. The van der Waals surface area contributed by atoms with Gasteiger partial charge in [-0.1, -0.05) is 21.6 Å². The van der Waals surface area contributed by atoms with Crippen LogP contribution in [-0.4, -0.2) is 16.7 Å². The van der Waals surface area contributed by atoms with Gasteiger partial charge in [0.15, 0.2) is 0 Å².